The van der Waals surface area contributed by atoms with E-state index in [2.05, 4.69) is 63.1 Å². The monoisotopic (exact) mass is 611 g/mol. The summed E-state index contributed by atoms with van der Waals surface area (Å²) in [6.45, 7) is 12.6. The van der Waals surface area contributed by atoms with Gasteiger partial charge in [0.15, 0.2) is 8.32 Å². The number of benzene rings is 2. The summed E-state index contributed by atoms with van der Waals surface area (Å²) < 4.78 is 19.2. The van der Waals surface area contributed by atoms with Gasteiger partial charge in [0, 0.05) is 40.2 Å². The van der Waals surface area contributed by atoms with Crippen molar-refractivity contribution in [2.24, 2.45) is 0 Å². The van der Waals surface area contributed by atoms with Gasteiger partial charge in [0.05, 0.1) is 18.3 Å². The van der Waals surface area contributed by atoms with E-state index in [1.165, 1.54) is 0 Å². The van der Waals surface area contributed by atoms with Gasteiger partial charge in [-0.15, -0.1) is 0 Å². The van der Waals surface area contributed by atoms with Gasteiger partial charge in [-0.1, -0.05) is 62.2 Å². The van der Waals surface area contributed by atoms with E-state index in [9.17, 15) is 0 Å². The average molecular weight is 613 g/mol. The summed E-state index contributed by atoms with van der Waals surface area (Å²) in [6.07, 6.45) is 11.2. The molecule has 2 aromatic carbocycles. The molecule has 3 aromatic rings. The first-order chi connectivity index (χ1) is 19.5. The van der Waals surface area contributed by atoms with E-state index in [-0.39, 0.29) is 10.6 Å². The minimum absolute atomic E-state index is 0.230. The molecule has 41 heavy (non-hydrogen) atoms. The smallest absolute Gasteiger partial charge is 0.191 e. The number of rotatable bonds is 13. The van der Waals surface area contributed by atoms with Gasteiger partial charge in [-0.25, -0.2) is 0 Å². The van der Waals surface area contributed by atoms with Crippen molar-refractivity contribution in [3.63, 3.8) is 0 Å². The van der Waals surface area contributed by atoms with Crippen LogP contribution in [0, 0.1) is 0 Å². The molecule has 7 heteroatoms. The lowest BCUT2D eigenvalue weighted by Gasteiger charge is -2.36. The van der Waals surface area contributed by atoms with Crippen LogP contribution in [-0.4, -0.2) is 26.0 Å². The topological polar surface area (TPSA) is 40.6 Å². The highest BCUT2D eigenvalue weighted by molar-refractivity contribution is 6.74. The third-order valence-corrected chi connectivity index (χ3v) is 14.1. The first-order valence-corrected chi connectivity index (χ1v) is 18.6. The van der Waals surface area contributed by atoms with E-state index in [1.807, 2.05) is 30.6 Å². The Labute approximate surface area is 256 Å². The van der Waals surface area contributed by atoms with Crippen LogP contribution >= 0.6 is 23.2 Å². The van der Waals surface area contributed by atoms with E-state index in [0.29, 0.717) is 17.7 Å². The number of aromatic nitrogens is 1. The molecular formula is C34H43Cl2NO3Si. The largest absolute Gasteiger partial charge is 0.490 e. The number of aryl methyl sites for hydroxylation is 1. The molecule has 0 spiro atoms. The summed E-state index contributed by atoms with van der Waals surface area (Å²) in [6, 6.07) is 14.3. The highest BCUT2D eigenvalue weighted by Crippen LogP contribution is 2.53. The van der Waals surface area contributed by atoms with Crippen LogP contribution in [0.5, 0.6) is 5.75 Å². The van der Waals surface area contributed by atoms with Crippen molar-refractivity contribution in [2.45, 2.75) is 102 Å². The maximum Gasteiger partial charge on any atom is 0.191 e. The lowest BCUT2D eigenvalue weighted by molar-refractivity contribution is 0.0174. The maximum absolute atomic E-state index is 6.76. The molecule has 0 saturated heterocycles. The molecule has 0 aliphatic heterocycles. The molecule has 1 heterocycles. The van der Waals surface area contributed by atoms with Crippen molar-refractivity contribution in [2.75, 3.05) is 6.61 Å². The SMILES string of the molecule is CC(C)(C)[Si](C)(C)OCCCCc1cc(Cl)c(COC2(c3cnccc3-c3ccccc3OC3CC3)CC2)cc1Cl. The Morgan fingerprint density at radius 1 is 0.951 bits per heavy atom. The molecule has 5 rings (SSSR count). The summed E-state index contributed by atoms with van der Waals surface area (Å²) in [4.78, 5) is 4.47. The van der Waals surface area contributed by atoms with Gasteiger partial charge in [0.2, 0.25) is 0 Å². The van der Waals surface area contributed by atoms with E-state index in [0.717, 1.165) is 90.1 Å². The van der Waals surface area contributed by atoms with Crippen molar-refractivity contribution in [1.29, 1.82) is 0 Å². The zero-order valence-corrected chi connectivity index (χ0v) is 27.6. The highest BCUT2D eigenvalue weighted by Gasteiger charge is 2.48. The number of pyridine rings is 1. The summed E-state index contributed by atoms with van der Waals surface area (Å²) in [5.74, 6) is 0.926. The molecule has 0 atom stereocenters. The molecule has 1 aromatic heterocycles. The summed E-state index contributed by atoms with van der Waals surface area (Å²) in [5, 5.41) is 1.68. The predicted molar refractivity (Wildman–Crippen MR) is 172 cm³/mol. The average Bonchev–Trinajstić information content (AvgIpc) is 3.86. The standard InChI is InChI=1S/C34H43Cl2NO3Si/c1-33(2,3)41(4,5)39-19-9-8-10-24-20-31(36)25(21-30(24)35)23-38-34(16-17-34)29-22-37-18-15-27(29)28-11-6-7-12-32(28)40-26-13-14-26/h6-7,11-12,15,18,20-22,26H,8-10,13-14,16-17,19,23H2,1-5H3. The molecule has 2 saturated carbocycles. The highest BCUT2D eigenvalue weighted by atomic mass is 35.5. The van der Waals surface area contributed by atoms with Crippen LogP contribution in [0.4, 0.5) is 0 Å². The number of ether oxygens (including phenoxy) is 2. The number of hydrogen-bond donors (Lipinski definition) is 0. The normalized spacial score (nSPS) is 16.6. The Balaban J connectivity index is 1.22. The molecule has 0 radical (unpaired) electrons. The predicted octanol–water partition coefficient (Wildman–Crippen LogP) is 10.1. The van der Waals surface area contributed by atoms with Gasteiger partial charge in [-0.2, -0.15) is 0 Å². The van der Waals surface area contributed by atoms with Crippen LogP contribution in [0.1, 0.15) is 76.0 Å². The van der Waals surface area contributed by atoms with Crippen LogP contribution in [0.3, 0.4) is 0 Å². The second-order valence-corrected chi connectivity index (χ2v) is 18.7. The molecule has 0 unspecified atom stereocenters. The number of nitrogens with zero attached hydrogens (tertiary/aromatic N) is 1. The Bertz CT molecular complexity index is 1360. The zero-order valence-electron chi connectivity index (χ0n) is 25.1. The van der Waals surface area contributed by atoms with Gasteiger partial charge in [0.1, 0.15) is 5.75 Å². The lowest BCUT2D eigenvalue weighted by Crippen LogP contribution is -2.40. The van der Waals surface area contributed by atoms with Gasteiger partial charge in [-0.05, 0) is 104 Å². The van der Waals surface area contributed by atoms with Gasteiger partial charge < -0.3 is 13.9 Å². The molecule has 0 amide bonds. The zero-order chi connectivity index (χ0) is 29.3. The van der Waals surface area contributed by atoms with Crippen molar-refractivity contribution < 1.29 is 13.9 Å². The second kappa shape index (κ2) is 12.4. The van der Waals surface area contributed by atoms with Crippen LogP contribution in [-0.2, 0) is 27.8 Å². The third kappa shape index (κ3) is 7.37. The first-order valence-electron chi connectivity index (χ1n) is 14.9. The Morgan fingerprint density at radius 3 is 2.37 bits per heavy atom. The molecule has 2 aliphatic carbocycles. The van der Waals surface area contributed by atoms with Crippen LogP contribution in [0.15, 0.2) is 54.9 Å². The van der Waals surface area contributed by atoms with E-state index in [4.69, 9.17) is 37.1 Å². The quantitative estimate of drug-likeness (QED) is 0.142. The number of para-hydroxylation sites is 1. The fraction of sp³-hybridized carbons (Fsp3) is 0.500. The Hall–Kier alpha value is -1.89. The first kappa shape index (κ1) is 30.6. The summed E-state index contributed by atoms with van der Waals surface area (Å²) >= 11 is 13.5. The van der Waals surface area contributed by atoms with Crippen molar-refractivity contribution in [3.8, 4) is 16.9 Å². The lowest BCUT2D eigenvalue weighted by atomic mass is 9.96. The molecule has 220 valence electrons. The van der Waals surface area contributed by atoms with Gasteiger partial charge >= 0.3 is 0 Å². The molecule has 2 aliphatic rings. The van der Waals surface area contributed by atoms with E-state index < -0.39 is 8.32 Å². The van der Waals surface area contributed by atoms with Crippen molar-refractivity contribution >= 4 is 31.5 Å². The molecule has 2 fully saturated rings. The summed E-state index contributed by atoms with van der Waals surface area (Å²) in [7, 11) is -1.71. The van der Waals surface area contributed by atoms with Crippen molar-refractivity contribution in [1.82, 2.24) is 4.98 Å². The fourth-order valence-corrected chi connectivity index (χ4v) is 6.47. The Kier molecular flexibility index (Phi) is 9.23. The van der Waals surface area contributed by atoms with Crippen LogP contribution in [0.2, 0.25) is 28.2 Å². The second-order valence-electron chi connectivity index (χ2n) is 13.1. The van der Waals surface area contributed by atoms with Gasteiger partial charge in [-0.3, -0.25) is 4.98 Å². The van der Waals surface area contributed by atoms with Gasteiger partial charge in [0.25, 0.3) is 0 Å². The summed E-state index contributed by atoms with van der Waals surface area (Å²) in [5.41, 5.74) is 4.92. The van der Waals surface area contributed by atoms with Crippen LogP contribution < -0.4 is 4.74 Å². The van der Waals surface area contributed by atoms with E-state index >= 15 is 0 Å². The number of hydrogen-bond acceptors (Lipinski definition) is 4. The third-order valence-electron chi connectivity index (χ3n) is 8.84. The number of halogens is 2. The minimum Gasteiger partial charge on any atom is -0.490 e. The number of unbranched alkanes of at least 4 members (excludes halogenated alkanes) is 1. The van der Waals surface area contributed by atoms with E-state index in [1.54, 1.807) is 0 Å². The maximum atomic E-state index is 6.76. The minimum atomic E-state index is -1.71. The van der Waals surface area contributed by atoms with Crippen LogP contribution in [0.25, 0.3) is 11.1 Å². The molecule has 0 N–H and O–H groups in total. The Morgan fingerprint density at radius 2 is 1.66 bits per heavy atom. The van der Waals surface area contributed by atoms with Crippen molar-refractivity contribution in [3.05, 3.63) is 81.6 Å². The molecular weight excluding hydrogens is 569 g/mol. The fourth-order valence-electron chi connectivity index (χ4n) is 4.86. The molecule has 4 nitrogen and oxygen atoms in total. The molecule has 0 bridgehead atoms.